The first kappa shape index (κ1) is 28.0. The minimum Gasteiger partial charge on any atom is -0.493 e. The minimum atomic E-state index is -0.161. The molecule has 0 atom stereocenters. The first-order chi connectivity index (χ1) is 16.0. The number of thiazole rings is 1. The van der Waals surface area contributed by atoms with Crippen LogP contribution in [0.2, 0.25) is 0 Å². The van der Waals surface area contributed by atoms with Gasteiger partial charge in [-0.3, -0.25) is 9.69 Å². The van der Waals surface area contributed by atoms with Gasteiger partial charge in [0.25, 0.3) is 5.91 Å². The molecule has 3 aromatic rings. The molecule has 186 valence electrons. The predicted octanol–water partition coefficient (Wildman–Crippen LogP) is 5.45. The van der Waals surface area contributed by atoms with E-state index in [1.807, 2.05) is 18.4 Å². The maximum Gasteiger partial charge on any atom is 0.260 e. The van der Waals surface area contributed by atoms with E-state index in [-0.39, 0.29) is 18.3 Å². The summed E-state index contributed by atoms with van der Waals surface area (Å²) in [5.74, 6) is 1.18. The highest BCUT2D eigenvalue weighted by atomic mass is 35.5. The van der Waals surface area contributed by atoms with E-state index < -0.39 is 0 Å². The molecule has 0 bridgehead atoms. The summed E-state index contributed by atoms with van der Waals surface area (Å²) in [6, 6.07) is 9.50. The van der Waals surface area contributed by atoms with Crippen molar-refractivity contribution in [3.05, 3.63) is 35.9 Å². The first-order valence-corrected chi connectivity index (χ1v) is 12.8. The quantitative estimate of drug-likeness (QED) is 0.308. The molecule has 1 amide bonds. The van der Waals surface area contributed by atoms with Crippen molar-refractivity contribution < 1.29 is 19.0 Å². The Bertz CT molecular complexity index is 1080. The lowest BCUT2D eigenvalue weighted by Gasteiger charge is -2.25. The van der Waals surface area contributed by atoms with Crippen LogP contribution >= 0.6 is 35.5 Å². The summed E-state index contributed by atoms with van der Waals surface area (Å²) in [4.78, 5) is 23.8. The van der Waals surface area contributed by atoms with Crippen molar-refractivity contribution in [2.24, 2.45) is 0 Å². The van der Waals surface area contributed by atoms with E-state index >= 15 is 0 Å². The highest BCUT2D eigenvalue weighted by Gasteiger charge is 2.25. The van der Waals surface area contributed by atoms with Crippen LogP contribution in [0.1, 0.15) is 24.2 Å². The minimum absolute atomic E-state index is 0. The number of anilines is 1. The normalized spacial score (nSPS) is 10.8. The van der Waals surface area contributed by atoms with Gasteiger partial charge in [0.05, 0.1) is 31.5 Å². The van der Waals surface area contributed by atoms with Crippen molar-refractivity contribution in [1.82, 2.24) is 9.88 Å². The average Bonchev–Trinajstić information content (AvgIpc) is 3.29. The number of methoxy groups -OCH3 is 3. The molecule has 0 aliphatic carbocycles. The molecule has 0 N–H and O–H groups in total. The van der Waals surface area contributed by atoms with Crippen molar-refractivity contribution in [2.45, 2.75) is 18.7 Å². The second-order valence-corrected chi connectivity index (χ2v) is 9.06. The number of carbonyl (C=O) groups is 1. The summed E-state index contributed by atoms with van der Waals surface area (Å²) in [5.41, 5.74) is 1.38. The Kier molecular flexibility index (Phi) is 10.8. The molecule has 0 aliphatic heterocycles. The van der Waals surface area contributed by atoms with Crippen LogP contribution in [0.15, 0.2) is 35.2 Å². The van der Waals surface area contributed by atoms with Gasteiger partial charge in [-0.2, -0.15) is 0 Å². The number of hydrogen-bond donors (Lipinski definition) is 0. The molecule has 0 fully saturated rings. The van der Waals surface area contributed by atoms with Crippen molar-refractivity contribution >= 4 is 56.8 Å². The number of ether oxygens (including phenoxy) is 3. The van der Waals surface area contributed by atoms with Gasteiger partial charge in [-0.1, -0.05) is 31.3 Å². The van der Waals surface area contributed by atoms with Gasteiger partial charge in [0.2, 0.25) is 5.75 Å². The van der Waals surface area contributed by atoms with Crippen molar-refractivity contribution in [3.63, 3.8) is 0 Å². The van der Waals surface area contributed by atoms with Gasteiger partial charge in [0.1, 0.15) is 0 Å². The maximum atomic E-state index is 13.8. The van der Waals surface area contributed by atoms with Gasteiger partial charge in [-0.25, -0.2) is 4.98 Å². The molecule has 1 heterocycles. The van der Waals surface area contributed by atoms with Crippen LogP contribution in [0.3, 0.4) is 0 Å². The smallest absolute Gasteiger partial charge is 0.260 e. The van der Waals surface area contributed by atoms with Crippen LogP contribution in [-0.2, 0) is 0 Å². The molecule has 3 rings (SSSR count). The molecule has 7 nitrogen and oxygen atoms in total. The topological polar surface area (TPSA) is 64.1 Å². The van der Waals surface area contributed by atoms with Gasteiger partial charge in [-0.05, 0) is 43.6 Å². The summed E-state index contributed by atoms with van der Waals surface area (Å²) < 4.78 is 17.4. The number of likely N-dealkylation sites (N-methyl/N-ethyl adjacent to an activating group) is 1. The van der Waals surface area contributed by atoms with Crippen LogP contribution in [-0.4, -0.2) is 69.6 Å². The van der Waals surface area contributed by atoms with Gasteiger partial charge < -0.3 is 19.1 Å². The number of fused-ring (bicyclic) bond motifs is 1. The average molecular weight is 526 g/mol. The molecule has 10 heteroatoms. The maximum absolute atomic E-state index is 13.8. The monoisotopic (exact) mass is 525 g/mol. The zero-order valence-electron chi connectivity index (χ0n) is 20.4. The fourth-order valence-electron chi connectivity index (χ4n) is 3.62. The molecule has 0 spiro atoms. The summed E-state index contributed by atoms with van der Waals surface area (Å²) in [6.45, 7) is 7.34. The van der Waals surface area contributed by atoms with Crippen LogP contribution < -0.4 is 19.1 Å². The second-order valence-electron chi connectivity index (χ2n) is 7.20. The zero-order valence-corrected chi connectivity index (χ0v) is 22.9. The highest BCUT2D eigenvalue weighted by Crippen LogP contribution is 2.39. The van der Waals surface area contributed by atoms with Gasteiger partial charge in [0.15, 0.2) is 16.6 Å². The van der Waals surface area contributed by atoms with Gasteiger partial charge >= 0.3 is 0 Å². The number of thioether (sulfide) groups is 1. The third-order valence-electron chi connectivity index (χ3n) is 5.51. The Morgan fingerprint density at radius 2 is 1.68 bits per heavy atom. The Morgan fingerprint density at radius 1 is 1.03 bits per heavy atom. The Morgan fingerprint density at radius 3 is 2.21 bits per heavy atom. The molecule has 0 saturated heterocycles. The van der Waals surface area contributed by atoms with E-state index in [1.54, 1.807) is 50.1 Å². The summed E-state index contributed by atoms with van der Waals surface area (Å²) in [6.07, 6.45) is 2.03. The molecular weight excluding hydrogens is 494 g/mol. The van der Waals surface area contributed by atoms with Crippen molar-refractivity contribution in [2.75, 3.05) is 58.7 Å². The third-order valence-corrected chi connectivity index (χ3v) is 7.33. The summed E-state index contributed by atoms with van der Waals surface area (Å²) >= 11 is 3.18. The number of aromatic nitrogens is 1. The van der Waals surface area contributed by atoms with E-state index in [9.17, 15) is 4.79 Å². The molecule has 1 aromatic heterocycles. The molecule has 0 aliphatic rings. The third kappa shape index (κ3) is 5.89. The van der Waals surface area contributed by atoms with Crippen LogP contribution in [0, 0.1) is 0 Å². The number of nitrogens with zero attached hydrogens (tertiary/aromatic N) is 3. The van der Waals surface area contributed by atoms with E-state index in [1.165, 1.54) is 11.3 Å². The number of para-hydroxylation sites is 1. The number of amides is 1. The number of benzene rings is 2. The molecule has 34 heavy (non-hydrogen) atoms. The lowest BCUT2D eigenvalue weighted by atomic mass is 10.1. The number of rotatable bonds is 11. The standard InChI is InChI=1S/C24H31N3O4S2.ClH/c1-7-26(8-2)12-13-27(24-25-21-19(32-6)10-9-11-20(21)33-24)23(28)16-14-17(29-3)22(31-5)18(15-16)30-4;/h9-11,14-15H,7-8,12-13H2,1-6H3;1H. The second kappa shape index (κ2) is 13.0. The van der Waals surface area contributed by atoms with Crippen LogP contribution in [0.4, 0.5) is 5.13 Å². The van der Waals surface area contributed by atoms with E-state index in [0.717, 1.165) is 34.7 Å². The SMILES string of the molecule is CCN(CC)CCN(C(=O)c1cc(OC)c(OC)c(OC)c1)c1nc2c(SC)cccc2s1.Cl. The Balaban J connectivity index is 0.00000408. The molecular formula is C24H32ClN3O4S2. The lowest BCUT2D eigenvalue weighted by molar-refractivity contribution is 0.0983. The van der Waals surface area contributed by atoms with E-state index in [4.69, 9.17) is 19.2 Å². The molecule has 2 aromatic carbocycles. The lowest BCUT2D eigenvalue weighted by Crippen LogP contribution is -2.38. The number of halogens is 1. The van der Waals surface area contributed by atoms with Crippen molar-refractivity contribution in [1.29, 1.82) is 0 Å². The van der Waals surface area contributed by atoms with Crippen LogP contribution in [0.25, 0.3) is 10.2 Å². The Labute approximate surface area is 215 Å². The fraction of sp³-hybridized carbons (Fsp3) is 0.417. The molecule has 0 radical (unpaired) electrons. The molecule has 0 saturated carbocycles. The first-order valence-electron chi connectivity index (χ1n) is 10.8. The fourth-order valence-corrected chi connectivity index (χ4v) is 5.26. The largest absolute Gasteiger partial charge is 0.493 e. The van der Waals surface area contributed by atoms with E-state index in [0.29, 0.717) is 34.5 Å². The van der Waals surface area contributed by atoms with E-state index in [2.05, 4.69) is 24.8 Å². The summed E-state index contributed by atoms with van der Waals surface area (Å²) in [7, 11) is 4.63. The van der Waals surface area contributed by atoms with Crippen molar-refractivity contribution in [3.8, 4) is 17.2 Å². The van der Waals surface area contributed by atoms with Gasteiger partial charge in [-0.15, -0.1) is 24.2 Å². The summed E-state index contributed by atoms with van der Waals surface area (Å²) in [5, 5.41) is 0.678. The number of hydrogen-bond acceptors (Lipinski definition) is 8. The number of carbonyl (C=O) groups excluding carboxylic acids is 1. The Hall–Kier alpha value is -2.20. The predicted molar refractivity (Wildman–Crippen MR) is 144 cm³/mol. The van der Waals surface area contributed by atoms with Gasteiger partial charge in [0, 0.05) is 23.5 Å². The zero-order chi connectivity index (χ0) is 24.0. The highest BCUT2D eigenvalue weighted by molar-refractivity contribution is 7.98. The molecule has 0 unspecified atom stereocenters. The van der Waals surface area contributed by atoms with Crippen LogP contribution in [0.5, 0.6) is 17.2 Å².